The predicted molar refractivity (Wildman–Crippen MR) is 91.9 cm³/mol. The van der Waals surface area contributed by atoms with Crippen molar-refractivity contribution in [2.24, 2.45) is 5.92 Å². The summed E-state index contributed by atoms with van der Waals surface area (Å²) in [5.41, 5.74) is 1.79. The van der Waals surface area contributed by atoms with Crippen molar-refractivity contribution in [2.45, 2.75) is 32.6 Å². The van der Waals surface area contributed by atoms with E-state index >= 15 is 0 Å². The van der Waals surface area contributed by atoms with Crippen molar-refractivity contribution in [2.75, 3.05) is 13.1 Å². The number of amides is 1. The van der Waals surface area contributed by atoms with E-state index in [0.717, 1.165) is 17.0 Å². The molecule has 0 bridgehead atoms. The molecular formula is C19H22N2O4. The molecule has 1 N–H and O–H groups in total. The van der Waals surface area contributed by atoms with E-state index in [0.29, 0.717) is 44.7 Å². The van der Waals surface area contributed by atoms with Crippen LogP contribution in [0.4, 0.5) is 0 Å². The van der Waals surface area contributed by atoms with Crippen molar-refractivity contribution in [3.8, 4) is 11.3 Å². The number of hydrogen-bond donors (Lipinski definition) is 1. The number of rotatable bonds is 5. The van der Waals surface area contributed by atoms with Crippen molar-refractivity contribution in [1.82, 2.24) is 9.88 Å². The summed E-state index contributed by atoms with van der Waals surface area (Å²) in [6.45, 7) is 2.92. The Bertz CT molecular complexity index is 746. The fourth-order valence-corrected chi connectivity index (χ4v) is 3.16. The average Bonchev–Trinajstić information content (AvgIpc) is 3.01. The molecule has 1 aromatic heterocycles. The van der Waals surface area contributed by atoms with E-state index in [2.05, 4.69) is 4.98 Å². The highest BCUT2D eigenvalue weighted by molar-refractivity contribution is 5.77. The molecule has 1 aromatic carbocycles. The third-order valence-electron chi connectivity index (χ3n) is 4.63. The largest absolute Gasteiger partial charge is 0.481 e. The van der Waals surface area contributed by atoms with Crippen LogP contribution in [0.15, 0.2) is 34.7 Å². The molecule has 6 nitrogen and oxygen atoms in total. The van der Waals surface area contributed by atoms with E-state index < -0.39 is 5.97 Å². The molecule has 1 saturated heterocycles. The van der Waals surface area contributed by atoms with E-state index in [1.807, 2.05) is 37.3 Å². The molecule has 2 heterocycles. The van der Waals surface area contributed by atoms with Crippen molar-refractivity contribution >= 4 is 11.9 Å². The van der Waals surface area contributed by atoms with Gasteiger partial charge in [-0.15, -0.1) is 0 Å². The van der Waals surface area contributed by atoms with Crippen LogP contribution >= 0.6 is 0 Å². The number of oxazole rings is 1. The summed E-state index contributed by atoms with van der Waals surface area (Å²) >= 11 is 0. The van der Waals surface area contributed by atoms with Crippen LogP contribution in [0.3, 0.4) is 0 Å². The van der Waals surface area contributed by atoms with E-state index in [4.69, 9.17) is 9.52 Å². The number of carboxylic acids is 1. The summed E-state index contributed by atoms with van der Waals surface area (Å²) in [6, 6.07) is 9.77. The van der Waals surface area contributed by atoms with Gasteiger partial charge in [0.25, 0.3) is 0 Å². The maximum Gasteiger partial charge on any atom is 0.306 e. The standard InChI is InChI=1S/C19H22N2O4/c1-13-18(14-5-3-2-4-6-14)25-16(20-13)7-8-17(22)21-11-9-15(10-12-21)19(23)24/h2-6,15H,7-12H2,1H3,(H,23,24). The Morgan fingerprint density at radius 2 is 1.92 bits per heavy atom. The van der Waals surface area contributed by atoms with Crippen LogP contribution in [0.2, 0.25) is 0 Å². The highest BCUT2D eigenvalue weighted by Gasteiger charge is 2.27. The Morgan fingerprint density at radius 3 is 2.56 bits per heavy atom. The first-order valence-electron chi connectivity index (χ1n) is 8.57. The number of aromatic nitrogens is 1. The SMILES string of the molecule is Cc1nc(CCC(=O)N2CCC(C(=O)O)CC2)oc1-c1ccccc1. The number of nitrogens with zero attached hydrogens (tertiary/aromatic N) is 2. The second-order valence-electron chi connectivity index (χ2n) is 6.38. The Kier molecular flexibility index (Phi) is 5.16. The highest BCUT2D eigenvalue weighted by Crippen LogP contribution is 2.25. The number of carbonyl (C=O) groups is 2. The first kappa shape index (κ1) is 17.2. The van der Waals surface area contributed by atoms with Crippen molar-refractivity contribution in [1.29, 1.82) is 0 Å². The Balaban J connectivity index is 1.56. The number of piperidine rings is 1. The van der Waals surface area contributed by atoms with Crippen LogP contribution in [0.5, 0.6) is 0 Å². The van der Waals surface area contributed by atoms with E-state index in [-0.39, 0.29) is 11.8 Å². The van der Waals surface area contributed by atoms with E-state index in [1.165, 1.54) is 0 Å². The molecular weight excluding hydrogens is 320 g/mol. The molecule has 0 radical (unpaired) electrons. The minimum atomic E-state index is -0.768. The van der Waals surface area contributed by atoms with Crippen LogP contribution in [-0.2, 0) is 16.0 Å². The molecule has 2 aromatic rings. The zero-order valence-corrected chi connectivity index (χ0v) is 14.3. The normalized spacial score (nSPS) is 15.3. The predicted octanol–water partition coefficient (Wildman–Crippen LogP) is 2.91. The van der Waals surface area contributed by atoms with Gasteiger partial charge in [-0.05, 0) is 19.8 Å². The molecule has 0 aliphatic carbocycles. The molecule has 132 valence electrons. The van der Waals surface area contributed by atoms with Crippen molar-refractivity contribution in [3.63, 3.8) is 0 Å². The molecule has 1 aliphatic heterocycles. The molecule has 25 heavy (non-hydrogen) atoms. The van der Waals surface area contributed by atoms with Crippen LogP contribution in [0.25, 0.3) is 11.3 Å². The van der Waals surface area contributed by atoms with Gasteiger partial charge in [-0.25, -0.2) is 4.98 Å². The van der Waals surface area contributed by atoms with Crippen LogP contribution < -0.4 is 0 Å². The lowest BCUT2D eigenvalue weighted by Gasteiger charge is -2.30. The van der Waals surface area contributed by atoms with Gasteiger partial charge in [0, 0.05) is 31.5 Å². The van der Waals surface area contributed by atoms with Crippen LogP contribution in [-0.4, -0.2) is 40.0 Å². The maximum atomic E-state index is 12.3. The zero-order valence-electron chi connectivity index (χ0n) is 14.3. The summed E-state index contributed by atoms with van der Waals surface area (Å²) in [7, 11) is 0. The summed E-state index contributed by atoms with van der Waals surface area (Å²) in [6.07, 6.45) is 1.83. The lowest BCUT2D eigenvalue weighted by Crippen LogP contribution is -2.40. The monoisotopic (exact) mass is 342 g/mol. The van der Waals surface area contributed by atoms with Gasteiger partial charge >= 0.3 is 5.97 Å². The Hall–Kier alpha value is -2.63. The van der Waals surface area contributed by atoms with Gasteiger partial charge in [-0.2, -0.15) is 0 Å². The molecule has 0 unspecified atom stereocenters. The first-order valence-corrected chi connectivity index (χ1v) is 8.57. The summed E-state index contributed by atoms with van der Waals surface area (Å²) in [5, 5.41) is 9.01. The fraction of sp³-hybridized carbons (Fsp3) is 0.421. The number of likely N-dealkylation sites (tertiary alicyclic amines) is 1. The van der Waals surface area contributed by atoms with Gasteiger partial charge < -0.3 is 14.4 Å². The van der Waals surface area contributed by atoms with Crippen molar-refractivity contribution < 1.29 is 19.1 Å². The lowest BCUT2D eigenvalue weighted by atomic mass is 9.97. The van der Waals surface area contributed by atoms with Gasteiger partial charge in [0.05, 0.1) is 11.6 Å². The smallest absolute Gasteiger partial charge is 0.306 e. The van der Waals surface area contributed by atoms with E-state index in [1.54, 1.807) is 4.90 Å². The molecule has 1 fully saturated rings. The number of benzene rings is 1. The van der Waals surface area contributed by atoms with Crippen LogP contribution in [0, 0.1) is 12.8 Å². The molecule has 0 atom stereocenters. The average molecular weight is 342 g/mol. The third-order valence-corrected chi connectivity index (χ3v) is 4.63. The van der Waals surface area contributed by atoms with E-state index in [9.17, 15) is 9.59 Å². The minimum Gasteiger partial charge on any atom is -0.481 e. The van der Waals surface area contributed by atoms with Gasteiger partial charge in [-0.3, -0.25) is 9.59 Å². The highest BCUT2D eigenvalue weighted by atomic mass is 16.4. The summed E-state index contributed by atoms with van der Waals surface area (Å²) < 4.78 is 5.83. The molecule has 3 rings (SSSR count). The maximum absolute atomic E-state index is 12.3. The fourth-order valence-electron chi connectivity index (χ4n) is 3.16. The number of aliphatic carboxylic acids is 1. The molecule has 1 aliphatic rings. The number of carboxylic acid groups (broad SMARTS) is 1. The van der Waals surface area contributed by atoms with Crippen molar-refractivity contribution in [3.05, 3.63) is 41.9 Å². The second-order valence-corrected chi connectivity index (χ2v) is 6.38. The Morgan fingerprint density at radius 1 is 1.24 bits per heavy atom. The van der Waals surface area contributed by atoms with Gasteiger partial charge in [-0.1, -0.05) is 30.3 Å². The Labute approximate surface area is 146 Å². The lowest BCUT2D eigenvalue weighted by molar-refractivity contribution is -0.145. The third kappa shape index (κ3) is 4.07. The van der Waals surface area contributed by atoms with Gasteiger partial charge in [0.1, 0.15) is 0 Å². The number of carbonyl (C=O) groups excluding carboxylic acids is 1. The summed E-state index contributed by atoms with van der Waals surface area (Å²) in [5.74, 6) is 0.235. The number of aryl methyl sites for hydroxylation is 2. The van der Waals surface area contributed by atoms with Gasteiger partial charge in [0.15, 0.2) is 11.7 Å². The topological polar surface area (TPSA) is 83.6 Å². The zero-order chi connectivity index (χ0) is 17.8. The number of hydrogen-bond acceptors (Lipinski definition) is 4. The quantitative estimate of drug-likeness (QED) is 0.903. The van der Waals surface area contributed by atoms with Crippen LogP contribution in [0.1, 0.15) is 30.8 Å². The molecule has 6 heteroatoms. The first-order chi connectivity index (χ1) is 12.0. The minimum absolute atomic E-state index is 0.0287. The summed E-state index contributed by atoms with van der Waals surface area (Å²) in [4.78, 5) is 29.5. The molecule has 0 spiro atoms. The molecule has 1 amide bonds. The second kappa shape index (κ2) is 7.51. The molecule has 0 saturated carbocycles. The van der Waals surface area contributed by atoms with Gasteiger partial charge in [0.2, 0.25) is 5.91 Å².